The second-order valence-corrected chi connectivity index (χ2v) is 5.66. The lowest BCUT2D eigenvalue weighted by Crippen LogP contribution is -2.01. The normalized spacial score (nSPS) is 10.9. The molecule has 2 N–H and O–H groups in total. The summed E-state index contributed by atoms with van der Waals surface area (Å²) in [5.41, 5.74) is 7.35. The van der Waals surface area contributed by atoms with Gasteiger partial charge in [0.05, 0.1) is 15.7 Å². The van der Waals surface area contributed by atoms with Crippen LogP contribution in [0.4, 0.5) is 5.82 Å². The Morgan fingerprint density at radius 3 is 2.55 bits per heavy atom. The lowest BCUT2D eigenvalue weighted by molar-refractivity contribution is 0.553. The second kappa shape index (κ2) is 5.16. The van der Waals surface area contributed by atoms with Gasteiger partial charge < -0.3 is 10.2 Å². The third-order valence-electron chi connectivity index (χ3n) is 2.71. The molecule has 0 saturated heterocycles. The van der Waals surface area contributed by atoms with Crippen LogP contribution in [0.3, 0.4) is 0 Å². The smallest absolute Gasteiger partial charge is 0.169 e. The van der Waals surface area contributed by atoms with Crippen LogP contribution in [0.1, 0.15) is 0 Å². The molecule has 20 heavy (non-hydrogen) atoms. The van der Waals surface area contributed by atoms with Crippen LogP contribution in [0.15, 0.2) is 45.5 Å². The quantitative estimate of drug-likeness (QED) is 0.703. The van der Waals surface area contributed by atoms with Crippen molar-refractivity contribution in [1.82, 2.24) is 9.78 Å². The highest BCUT2D eigenvalue weighted by Gasteiger charge is 2.12. The third-order valence-corrected chi connectivity index (χ3v) is 3.88. The molecule has 3 aromatic rings. The number of anilines is 1. The maximum atomic E-state index is 6.00. The van der Waals surface area contributed by atoms with Crippen molar-refractivity contribution in [3.63, 3.8) is 0 Å². The van der Waals surface area contributed by atoms with Crippen molar-refractivity contribution in [2.24, 2.45) is 0 Å². The largest absolute Gasteiger partial charge is 0.448 e. The van der Waals surface area contributed by atoms with Crippen molar-refractivity contribution in [3.8, 4) is 17.1 Å². The number of nitrogen functional groups attached to an aromatic ring is 1. The summed E-state index contributed by atoms with van der Waals surface area (Å²) in [6.45, 7) is 0. The van der Waals surface area contributed by atoms with E-state index in [4.69, 9.17) is 33.4 Å². The molecule has 0 aliphatic heterocycles. The van der Waals surface area contributed by atoms with Crippen LogP contribution in [0, 0.1) is 0 Å². The lowest BCUT2D eigenvalue weighted by atomic mass is 10.3. The van der Waals surface area contributed by atoms with E-state index in [2.05, 4.69) is 21.0 Å². The lowest BCUT2D eigenvalue weighted by Gasteiger charge is -2.04. The molecule has 0 radical (unpaired) electrons. The first-order valence-corrected chi connectivity index (χ1v) is 7.16. The highest BCUT2D eigenvalue weighted by molar-refractivity contribution is 9.10. The Morgan fingerprint density at radius 2 is 1.90 bits per heavy atom. The summed E-state index contributed by atoms with van der Waals surface area (Å²) in [6.07, 6.45) is 0. The zero-order chi connectivity index (χ0) is 14.3. The summed E-state index contributed by atoms with van der Waals surface area (Å²) < 4.78 is 7.67. The second-order valence-electron chi connectivity index (χ2n) is 4.07. The van der Waals surface area contributed by atoms with Gasteiger partial charge in [-0.05, 0) is 46.3 Å². The molecule has 2 heterocycles. The number of nitrogens with two attached hydrogens (primary N) is 1. The molecular formula is C13H8BrCl2N3O. The van der Waals surface area contributed by atoms with Gasteiger partial charge in [-0.25, -0.2) is 4.68 Å². The van der Waals surface area contributed by atoms with Gasteiger partial charge in [-0.1, -0.05) is 23.2 Å². The maximum absolute atomic E-state index is 6.00. The van der Waals surface area contributed by atoms with Crippen LogP contribution in [0.2, 0.25) is 10.0 Å². The number of rotatable bonds is 2. The van der Waals surface area contributed by atoms with Gasteiger partial charge in [0.25, 0.3) is 0 Å². The van der Waals surface area contributed by atoms with E-state index in [0.717, 1.165) is 5.69 Å². The molecule has 1 aromatic carbocycles. The molecule has 0 saturated carbocycles. The van der Waals surface area contributed by atoms with Crippen molar-refractivity contribution in [2.75, 3.05) is 5.73 Å². The topological polar surface area (TPSA) is 57.0 Å². The van der Waals surface area contributed by atoms with Crippen LogP contribution in [-0.4, -0.2) is 9.78 Å². The average molecular weight is 373 g/mol. The van der Waals surface area contributed by atoms with Crippen molar-refractivity contribution in [1.29, 1.82) is 0 Å². The van der Waals surface area contributed by atoms with Gasteiger partial charge in [-0.2, -0.15) is 5.10 Å². The molecule has 0 fully saturated rings. The summed E-state index contributed by atoms with van der Waals surface area (Å²) in [4.78, 5) is 0. The molecule has 0 unspecified atom stereocenters. The van der Waals surface area contributed by atoms with Crippen LogP contribution < -0.4 is 5.73 Å². The van der Waals surface area contributed by atoms with Gasteiger partial charge in [-0.3, -0.25) is 0 Å². The first kappa shape index (κ1) is 13.5. The van der Waals surface area contributed by atoms with Gasteiger partial charge in [0.15, 0.2) is 10.4 Å². The molecule has 102 valence electrons. The Bertz CT molecular complexity index is 782. The van der Waals surface area contributed by atoms with E-state index in [0.29, 0.717) is 32.0 Å². The number of halogens is 3. The van der Waals surface area contributed by atoms with E-state index in [9.17, 15) is 0 Å². The Kier molecular flexibility index (Phi) is 3.50. The minimum absolute atomic E-state index is 0.446. The van der Waals surface area contributed by atoms with E-state index < -0.39 is 0 Å². The molecule has 0 spiro atoms. The Morgan fingerprint density at radius 1 is 1.10 bits per heavy atom. The van der Waals surface area contributed by atoms with Crippen molar-refractivity contribution < 1.29 is 4.42 Å². The molecular weight excluding hydrogens is 365 g/mol. The van der Waals surface area contributed by atoms with E-state index in [1.54, 1.807) is 35.0 Å². The minimum atomic E-state index is 0.446. The number of furan rings is 1. The fourth-order valence-corrected chi connectivity index (χ4v) is 2.39. The predicted molar refractivity (Wildman–Crippen MR) is 83.4 cm³/mol. The molecule has 7 heteroatoms. The SMILES string of the molecule is Nc1cc(-c2ccc(Br)o2)nn1-c1ccc(Cl)c(Cl)c1. The van der Waals surface area contributed by atoms with Gasteiger partial charge in [0.2, 0.25) is 0 Å². The molecule has 0 aliphatic rings. The Balaban J connectivity index is 2.06. The predicted octanol–water partition coefficient (Wildman–Crippen LogP) is 4.78. The summed E-state index contributed by atoms with van der Waals surface area (Å²) >= 11 is 15.2. The van der Waals surface area contributed by atoms with Gasteiger partial charge in [-0.15, -0.1) is 0 Å². The van der Waals surface area contributed by atoms with Gasteiger partial charge in [0, 0.05) is 6.07 Å². The molecule has 0 atom stereocenters. The summed E-state index contributed by atoms with van der Waals surface area (Å²) in [7, 11) is 0. The molecule has 0 amide bonds. The number of hydrogen-bond acceptors (Lipinski definition) is 3. The maximum Gasteiger partial charge on any atom is 0.169 e. The molecule has 4 nitrogen and oxygen atoms in total. The fourth-order valence-electron chi connectivity index (χ4n) is 1.79. The highest BCUT2D eigenvalue weighted by Crippen LogP contribution is 2.29. The summed E-state index contributed by atoms with van der Waals surface area (Å²) in [5.74, 6) is 1.10. The van der Waals surface area contributed by atoms with Crippen molar-refractivity contribution in [3.05, 3.63) is 51.1 Å². The zero-order valence-corrected chi connectivity index (χ0v) is 13.1. The average Bonchev–Trinajstić information content (AvgIpc) is 2.99. The minimum Gasteiger partial charge on any atom is -0.448 e. The molecule has 0 bridgehead atoms. The van der Waals surface area contributed by atoms with E-state index >= 15 is 0 Å². The van der Waals surface area contributed by atoms with Crippen molar-refractivity contribution in [2.45, 2.75) is 0 Å². The molecule has 3 rings (SSSR count). The van der Waals surface area contributed by atoms with Crippen LogP contribution in [0.5, 0.6) is 0 Å². The number of nitrogens with zero attached hydrogens (tertiary/aromatic N) is 2. The van der Waals surface area contributed by atoms with Crippen LogP contribution >= 0.6 is 39.1 Å². The highest BCUT2D eigenvalue weighted by atomic mass is 79.9. The van der Waals surface area contributed by atoms with Crippen LogP contribution in [0.25, 0.3) is 17.1 Å². The van der Waals surface area contributed by atoms with E-state index in [-0.39, 0.29) is 0 Å². The molecule has 0 aliphatic carbocycles. The van der Waals surface area contributed by atoms with Crippen molar-refractivity contribution >= 4 is 44.9 Å². The number of benzene rings is 1. The van der Waals surface area contributed by atoms with Gasteiger partial charge >= 0.3 is 0 Å². The van der Waals surface area contributed by atoms with Crippen LogP contribution in [-0.2, 0) is 0 Å². The van der Waals surface area contributed by atoms with Gasteiger partial charge in [0.1, 0.15) is 11.5 Å². The first-order chi connectivity index (χ1) is 9.54. The standard InChI is InChI=1S/C13H8BrCl2N3O/c14-12-4-3-11(20-12)10-6-13(17)19(18-10)7-1-2-8(15)9(16)5-7/h1-6H,17H2. The Hall–Kier alpha value is -1.43. The zero-order valence-electron chi connectivity index (χ0n) is 9.98. The van der Waals surface area contributed by atoms with E-state index in [1.807, 2.05) is 6.07 Å². The monoisotopic (exact) mass is 371 g/mol. The first-order valence-electron chi connectivity index (χ1n) is 5.61. The Labute approximate surface area is 133 Å². The number of aromatic nitrogens is 2. The summed E-state index contributed by atoms with van der Waals surface area (Å²) in [6, 6.07) is 10.5. The fraction of sp³-hybridized carbons (Fsp3) is 0. The number of hydrogen-bond donors (Lipinski definition) is 1. The van der Waals surface area contributed by atoms with E-state index in [1.165, 1.54) is 0 Å². The summed E-state index contributed by atoms with van der Waals surface area (Å²) in [5, 5.41) is 5.34. The third kappa shape index (κ3) is 2.44. The molecule has 2 aromatic heterocycles.